The van der Waals surface area contributed by atoms with Gasteiger partial charge in [-0.15, -0.1) is 0 Å². The first kappa shape index (κ1) is 44.3. The van der Waals surface area contributed by atoms with Gasteiger partial charge in [0.05, 0.1) is 22.1 Å². The third-order valence-electron chi connectivity index (χ3n) is 4.69. The van der Waals surface area contributed by atoms with E-state index >= 15 is 0 Å². The maximum absolute atomic E-state index is 8.83. The standard InChI is InChI=1S/2C12H8N2.AsH3O4.H2O.4O.2V/c2*1-3-9-5-6-10-4-2-8-14-12(10)11(9)13-7-1;2-1(3,4)5;;;;;;;/h2*1-8H;(H3,2,3,4,5);1H2;;;;;;/q;;;;4*-2;;+4/p-1. The predicted octanol–water partition coefficient (Wildman–Crippen LogP) is 1.46. The second-order valence-corrected chi connectivity index (χ2v) is 8.98. The zero-order valence-electron chi connectivity index (χ0n) is 20.2. The number of fused-ring (bicyclic) bond motifs is 6. The Morgan fingerprint density at radius 2 is 0.700 bits per heavy atom. The number of nitrogens with zero attached hydrogens (tertiary/aromatic N) is 4. The summed E-state index contributed by atoms with van der Waals surface area (Å²) in [5, 5.41) is 4.55. The molecule has 0 fully saturated rings. The van der Waals surface area contributed by atoms with Crippen molar-refractivity contribution in [3.8, 4) is 0 Å². The molecule has 2 aromatic carbocycles. The Morgan fingerprint density at radius 3 is 0.875 bits per heavy atom. The van der Waals surface area contributed by atoms with Crippen LogP contribution in [-0.2, 0) is 62.8 Å². The maximum Gasteiger partial charge on any atom is 4.00 e. The number of rotatable bonds is 0. The van der Waals surface area contributed by atoms with Gasteiger partial charge in [-0.1, -0.05) is 48.5 Å². The molecule has 0 bridgehead atoms. The molecule has 0 unspecified atom stereocenters. The van der Waals surface area contributed by atoms with Crippen LogP contribution in [0.3, 0.4) is 0 Å². The zero-order chi connectivity index (χ0) is 23.3. The Hall–Kier alpha value is -2.71. The molecular weight excluding hydrogens is 665 g/mol. The minimum Gasteiger partial charge on any atom is -2.00 e. The molecule has 4 N–H and O–H groups in total. The van der Waals surface area contributed by atoms with Crippen LogP contribution in [0.4, 0.5) is 0 Å². The van der Waals surface area contributed by atoms with E-state index in [1.165, 1.54) is 0 Å². The van der Waals surface area contributed by atoms with Crippen molar-refractivity contribution in [1.82, 2.24) is 19.9 Å². The third-order valence-corrected chi connectivity index (χ3v) is 4.69. The quantitative estimate of drug-likeness (QED) is 0.174. The van der Waals surface area contributed by atoms with E-state index in [9.17, 15) is 0 Å². The van der Waals surface area contributed by atoms with E-state index in [0.717, 1.165) is 43.6 Å². The Kier molecular flexibility index (Phi) is 22.4. The largest absolute Gasteiger partial charge is 4.00 e. The first-order chi connectivity index (χ1) is 15.9. The van der Waals surface area contributed by atoms with E-state index in [4.69, 9.17) is 16.0 Å². The SMILES string of the molecule is O.O=[As]([O-])(O)O.[O-2].[O-2].[O-2].[O-2].[V+4].[V].c1cnc2c(c1)ccc1cccnc12.c1cnc2c(c1)ccc1cccnc12. The molecule has 6 aromatic rings. The van der Waals surface area contributed by atoms with Gasteiger partial charge in [-0.05, 0) is 24.3 Å². The summed E-state index contributed by atoms with van der Waals surface area (Å²) in [6, 6.07) is 24.3. The fraction of sp³-hybridized carbons (Fsp3) is 0. The summed E-state index contributed by atoms with van der Waals surface area (Å²) < 4.78 is 31.9. The number of hydrogen-bond donors (Lipinski definition) is 2. The van der Waals surface area contributed by atoms with Crippen LogP contribution >= 0.6 is 0 Å². The molecule has 0 spiro atoms. The Labute approximate surface area is 255 Å². The van der Waals surface area contributed by atoms with Gasteiger partial charge in [-0.2, -0.15) is 0 Å². The first-order valence-electron chi connectivity index (χ1n) is 9.84. The van der Waals surface area contributed by atoms with Crippen LogP contribution in [0.2, 0.25) is 0 Å². The summed E-state index contributed by atoms with van der Waals surface area (Å²) in [4.78, 5) is 17.4. The van der Waals surface area contributed by atoms with Crippen LogP contribution in [0.15, 0.2) is 97.6 Å². The zero-order valence-corrected chi connectivity index (χ0v) is 24.9. The summed E-state index contributed by atoms with van der Waals surface area (Å²) in [5.74, 6) is 0. The molecule has 0 saturated carbocycles. The Morgan fingerprint density at radius 1 is 0.525 bits per heavy atom. The topological polar surface area (TPSA) is 278 Å². The van der Waals surface area contributed by atoms with Crippen molar-refractivity contribution in [2.45, 2.75) is 0 Å². The van der Waals surface area contributed by atoms with Crippen LogP contribution in [0.5, 0.6) is 0 Å². The minimum atomic E-state index is -5.38. The summed E-state index contributed by atoms with van der Waals surface area (Å²) in [5.41, 5.74) is 3.91. The minimum absolute atomic E-state index is 0. The van der Waals surface area contributed by atoms with Gasteiger partial charge < -0.3 is 27.4 Å². The Balaban J connectivity index is -0.000000242. The van der Waals surface area contributed by atoms with E-state index < -0.39 is 14.5 Å². The van der Waals surface area contributed by atoms with Crippen LogP contribution in [0.1, 0.15) is 0 Å². The fourth-order valence-corrected chi connectivity index (χ4v) is 3.36. The van der Waals surface area contributed by atoms with E-state index in [2.05, 4.69) is 68.5 Å². The average molecular weight is 685 g/mol. The number of benzene rings is 2. The third kappa shape index (κ3) is 11.8. The molecule has 13 nitrogen and oxygen atoms in total. The van der Waals surface area contributed by atoms with Gasteiger partial charge in [0.15, 0.2) is 0 Å². The van der Waals surface area contributed by atoms with E-state index in [-0.39, 0.29) is 64.5 Å². The molecule has 40 heavy (non-hydrogen) atoms. The van der Waals surface area contributed by atoms with Crippen molar-refractivity contribution >= 4 is 58.1 Å². The number of pyridine rings is 4. The average Bonchev–Trinajstić information content (AvgIpc) is 2.83. The fourth-order valence-electron chi connectivity index (χ4n) is 3.36. The van der Waals surface area contributed by atoms with E-state index in [1.54, 1.807) is 24.8 Å². The first-order valence-corrected chi connectivity index (χ1v) is 13.0. The van der Waals surface area contributed by atoms with Gasteiger partial charge in [0.1, 0.15) is 0 Å². The molecule has 0 aliphatic heterocycles. The van der Waals surface area contributed by atoms with Crippen LogP contribution in [0.25, 0.3) is 43.6 Å². The molecule has 0 aliphatic carbocycles. The smallest absolute Gasteiger partial charge is 2.00 e. The molecule has 210 valence electrons. The summed E-state index contributed by atoms with van der Waals surface area (Å²) in [6.07, 6.45) is 7.21. The number of hydrogen-bond acceptors (Lipinski definition) is 6. The molecule has 0 amide bonds. The predicted molar refractivity (Wildman–Crippen MR) is 131 cm³/mol. The van der Waals surface area contributed by atoms with Gasteiger partial charge in [-0.3, -0.25) is 19.9 Å². The van der Waals surface area contributed by atoms with E-state index in [0.29, 0.717) is 0 Å². The second kappa shape index (κ2) is 20.2. The second-order valence-electron chi connectivity index (χ2n) is 6.92. The summed E-state index contributed by atoms with van der Waals surface area (Å²) in [6.45, 7) is 0. The molecule has 6 rings (SSSR count). The van der Waals surface area contributed by atoms with Crippen molar-refractivity contribution in [2.75, 3.05) is 0 Å². The number of aromatic nitrogens is 4. The van der Waals surface area contributed by atoms with Crippen molar-refractivity contribution in [2.24, 2.45) is 0 Å². The van der Waals surface area contributed by atoms with Gasteiger partial charge >= 0.3 is 49.1 Å². The van der Waals surface area contributed by atoms with Crippen LogP contribution < -0.4 is 4.10 Å². The van der Waals surface area contributed by atoms with Gasteiger partial charge in [-0.25, -0.2) is 0 Å². The molecule has 0 aliphatic rings. The van der Waals surface area contributed by atoms with Gasteiger partial charge in [0.25, 0.3) is 0 Å². The molecule has 4 heterocycles. The molecule has 2 radical (unpaired) electrons. The maximum atomic E-state index is 8.83. The van der Waals surface area contributed by atoms with Crippen LogP contribution in [-0.4, -0.2) is 48.1 Å². The monoisotopic (exact) mass is 685 g/mol. The Bertz CT molecular complexity index is 1400. The van der Waals surface area contributed by atoms with Crippen LogP contribution in [0, 0.1) is 0 Å². The molecule has 0 atom stereocenters. The molecule has 0 saturated heterocycles. The molecule has 4 aromatic heterocycles. The van der Waals surface area contributed by atoms with Gasteiger partial charge in [0, 0.05) is 64.9 Å². The van der Waals surface area contributed by atoms with Gasteiger partial charge in [0.2, 0.25) is 0 Å². The van der Waals surface area contributed by atoms with Crippen molar-refractivity contribution in [3.63, 3.8) is 0 Å². The summed E-state index contributed by atoms with van der Waals surface area (Å²) >= 11 is -5.38. The molecular formula is C24H20AsN4O9V2-5. The van der Waals surface area contributed by atoms with Crippen molar-refractivity contribution in [3.05, 3.63) is 97.6 Å². The van der Waals surface area contributed by atoms with E-state index in [1.807, 2.05) is 24.3 Å². The summed E-state index contributed by atoms with van der Waals surface area (Å²) in [7, 11) is 0. The van der Waals surface area contributed by atoms with Crippen molar-refractivity contribution in [1.29, 1.82) is 0 Å². The van der Waals surface area contributed by atoms with Crippen molar-refractivity contribution < 1.29 is 80.5 Å². The molecule has 16 heteroatoms. The normalized spacial score (nSPS) is 9.07.